The molecule has 10 heteroatoms. The van der Waals surface area contributed by atoms with Gasteiger partial charge < -0.3 is 4.74 Å². The van der Waals surface area contributed by atoms with Gasteiger partial charge >= 0.3 is 0 Å². The topological polar surface area (TPSA) is 78.5 Å². The number of carbonyl (C=O) groups excluding carboxylic acids is 1. The molecule has 0 saturated heterocycles. The number of nitrogens with zero attached hydrogens (tertiary/aromatic N) is 4. The second kappa shape index (κ2) is 9.96. The minimum atomic E-state index is -0.112. The maximum atomic E-state index is 14.1. The van der Waals surface area contributed by atoms with Crippen molar-refractivity contribution in [1.82, 2.24) is 19.2 Å². The summed E-state index contributed by atoms with van der Waals surface area (Å²) in [5.74, 6) is 0.899. The fraction of sp³-hybridized carbons (Fsp3) is 0.286. The molecule has 6 rings (SSSR count). The molecule has 0 fully saturated rings. The van der Waals surface area contributed by atoms with Gasteiger partial charge in [0.15, 0.2) is 10.9 Å². The van der Waals surface area contributed by atoms with Crippen molar-refractivity contribution in [3.8, 4) is 5.69 Å². The van der Waals surface area contributed by atoms with E-state index < -0.39 is 0 Å². The first kappa shape index (κ1) is 25.3. The van der Waals surface area contributed by atoms with Gasteiger partial charge in [0.05, 0.1) is 29.5 Å². The van der Waals surface area contributed by atoms with E-state index in [1.54, 1.807) is 40.2 Å². The zero-order valence-corrected chi connectivity index (χ0v) is 23.5. The smallest absolute Gasteiger partial charge is 0.268 e. The number of thioether (sulfide) groups is 1. The largest absolute Gasteiger partial charge is 0.372 e. The molecule has 4 heterocycles. The van der Waals surface area contributed by atoms with Crippen LogP contribution in [0.15, 0.2) is 58.5 Å². The quantitative estimate of drug-likeness (QED) is 0.182. The molecule has 0 aliphatic carbocycles. The molecule has 3 aromatic heterocycles. The molecule has 1 atom stereocenters. The van der Waals surface area contributed by atoms with Crippen LogP contribution in [0.3, 0.4) is 0 Å². The molecule has 1 aliphatic rings. The van der Waals surface area contributed by atoms with Crippen LogP contribution in [-0.2, 0) is 17.8 Å². The van der Waals surface area contributed by atoms with Crippen molar-refractivity contribution < 1.29 is 9.53 Å². The molecule has 0 radical (unpaired) electrons. The van der Waals surface area contributed by atoms with Gasteiger partial charge in [0.1, 0.15) is 4.83 Å². The van der Waals surface area contributed by atoms with Gasteiger partial charge in [-0.25, -0.2) is 8.97 Å². The second-order valence-corrected chi connectivity index (χ2v) is 12.3. The third kappa shape index (κ3) is 4.37. The molecule has 194 valence electrons. The third-order valence-electron chi connectivity index (χ3n) is 6.88. The third-order valence-corrected chi connectivity index (χ3v) is 9.25. The summed E-state index contributed by atoms with van der Waals surface area (Å²) in [4.78, 5) is 28.8. The maximum absolute atomic E-state index is 14.1. The van der Waals surface area contributed by atoms with Gasteiger partial charge in [0.25, 0.3) is 5.56 Å². The minimum Gasteiger partial charge on any atom is -0.372 e. The van der Waals surface area contributed by atoms with Crippen molar-refractivity contribution >= 4 is 56.5 Å². The number of benzene rings is 2. The van der Waals surface area contributed by atoms with Gasteiger partial charge in [-0.3, -0.25) is 9.59 Å². The molecular weight excluding hydrogens is 540 g/mol. The van der Waals surface area contributed by atoms with Crippen molar-refractivity contribution in [2.75, 3.05) is 5.75 Å². The molecule has 5 aromatic rings. The molecule has 0 spiro atoms. The first-order valence-corrected chi connectivity index (χ1v) is 14.5. The Balaban J connectivity index is 1.52. The summed E-state index contributed by atoms with van der Waals surface area (Å²) in [6, 6.07) is 14.7. The Morgan fingerprint density at radius 2 is 1.89 bits per heavy atom. The van der Waals surface area contributed by atoms with Crippen molar-refractivity contribution in [1.29, 1.82) is 0 Å². The van der Waals surface area contributed by atoms with E-state index in [1.165, 1.54) is 11.8 Å². The number of carbonyl (C=O) groups is 1. The number of halogens is 1. The molecule has 1 aliphatic heterocycles. The maximum Gasteiger partial charge on any atom is 0.268 e. The predicted octanol–water partition coefficient (Wildman–Crippen LogP) is 6.13. The normalized spacial score (nSPS) is 15.4. The van der Waals surface area contributed by atoms with Crippen molar-refractivity contribution in [3.05, 3.63) is 85.5 Å². The highest BCUT2D eigenvalue weighted by atomic mass is 35.5. The average Bonchev–Trinajstić information content (AvgIpc) is 3.50. The fourth-order valence-electron chi connectivity index (χ4n) is 4.74. The Bertz CT molecular complexity index is 1740. The van der Waals surface area contributed by atoms with Gasteiger partial charge in [0, 0.05) is 21.9 Å². The van der Waals surface area contributed by atoms with Gasteiger partial charge in [-0.15, -0.1) is 21.5 Å². The SMILES string of the molecule is Cc1ccc(-n2c(=O)c3c4c(sc3n3c(SCC(=O)c5ccc(Cl)cc5)nnc23)CO[C@@H](C(C)C)C4)cc1. The number of thiophene rings is 1. The first-order valence-electron chi connectivity index (χ1n) is 12.4. The van der Waals surface area contributed by atoms with Crippen LogP contribution < -0.4 is 5.56 Å². The van der Waals surface area contributed by atoms with Crippen LogP contribution in [0.25, 0.3) is 21.7 Å². The van der Waals surface area contributed by atoms with Crippen LogP contribution in [-0.4, -0.2) is 36.8 Å². The molecule has 2 aromatic carbocycles. The predicted molar refractivity (Wildman–Crippen MR) is 152 cm³/mol. The number of ether oxygens (including phenoxy) is 1. The fourth-order valence-corrected chi connectivity index (χ4v) is 6.99. The van der Waals surface area contributed by atoms with Crippen LogP contribution in [0.1, 0.15) is 40.2 Å². The molecule has 0 unspecified atom stereocenters. The van der Waals surface area contributed by atoms with E-state index in [0.29, 0.717) is 45.9 Å². The number of rotatable bonds is 6. The van der Waals surface area contributed by atoms with Crippen LogP contribution in [0, 0.1) is 12.8 Å². The number of ketones is 1. The highest BCUT2D eigenvalue weighted by molar-refractivity contribution is 7.99. The van der Waals surface area contributed by atoms with Crippen LogP contribution in [0.5, 0.6) is 0 Å². The summed E-state index contributed by atoms with van der Waals surface area (Å²) in [7, 11) is 0. The Morgan fingerprint density at radius 1 is 1.16 bits per heavy atom. The lowest BCUT2D eigenvalue weighted by atomic mass is 9.96. The Kier molecular flexibility index (Phi) is 6.63. The van der Waals surface area contributed by atoms with E-state index >= 15 is 0 Å². The zero-order valence-electron chi connectivity index (χ0n) is 21.1. The van der Waals surface area contributed by atoms with Gasteiger partial charge in [-0.05, 0) is 54.8 Å². The Hall–Kier alpha value is -2.98. The van der Waals surface area contributed by atoms with Crippen molar-refractivity contribution in [2.45, 2.75) is 45.1 Å². The van der Waals surface area contributed by atoms with Crippen LogP contribution in [0.4, 0.5) is 0 Å². The lowest BCUT2D eigenvalue weighted by Gasteiger charge is -2.26. The molecule has 0 bridgehead atoms. The number of fused-ring (bicyclic) bond motifs is 5. The van der Waals surface area contributed by atoms with Gasteiger partial charge in [-0.1, -0.05) is 54.9 Å². The highest BCUT2D eigenvalue weighted by Crippen LogP contribution is 2.37. The Labute approximate surface area is 232 Å². The van der Waals surface area contributed by atoms with Crippen molar-refractivity contribution in [2.24, 2.45) is 5.92 Å². The van der Waals surface area contributed by atoms with E-state index in [4.69, 9.17) is 16.3 Å². The van der Waals surface area contributed by atoms with Crippen molar-refractivity contribution in [3.63, 3.8) is 0 Å². The van der Waals surface area contributed by atoms with Gasteiger partial charge in [0.2, 0.25) is 5.78 Å². The number of aryl methyl sites for hydroxylation is 1. The summed E-state index contributed by atoms with van der Waals surface area (Å²) < 4.78 is 9.68. The standard InChI is InChI=1S/C28H25ClN4O3S2/c1-15(2)22-12-20-23(13-36-22)38-26-24(20)25(35)32(19-10-4-16(3)5-11-19)27-30-31-28(33(26)27)37-14-21(34)17-6-8-18(29)9-7-17/h4-11,15,22H,12-14H2,1-3H3/t22-/m1/s1. The van der Waals surface area contributed by atoms with E-state index in [2.05, 4.69) is 24.0 Å². The minimum absolute atomic E-state index is 0.0369. The average molecular weight is 565 g/mol. The molecular formula is C28H25ClN4O3S2. The summed E-state index contributed by atoms with van der Waals surface area (Å²) in [6.45, 7) is 6.76. The molecule has 0 N–H and O–H groups in total. The monoisotopic (exact) mass is 564 g/mol. The highest BCUT2D eigenvalue weighted by Gasteiger charge is 2.30. The number of hydrogen-bond donors (Lipinski definition) is 0. The zero-order chi connectivity index (χ0) is 26.6. The van der Waals surface area contributed by atoms with Crippen LogP contribution in [0.2, 0.25) is 5.02 Å². The summed E-state index contributed by atoms with van der Waals surface area (Å²) in [5, 5.41) is 10.7. The summed E-state index contributed by atoms with van der Waals surface area (Å²) >= 11 is 8.83. The second-order valence-electron chi connectivity index (χ2n) is 9.79. The lowest BCUT2D eigenvalue weighted by molar-refractivity contribution is 0.00200. The number of Topliss-reactive ketones (excluding diaryl/α,β-unsaturated/α-hetero) is 1. The van der Waals surface area contributed by atoms with E-state index in [0.717, 1.165) is 26.5 Å². The van der Waals surface area contributed by atoms with E-state index in [-0.39, 0.29) is 23.2 Å². The van der Waals surface area contributed by atoms with Crippen LogP contribution >= 0.6 is 34.7 Å². The summed E-state index contributed by atoms with van der Waals surface area (Å²) in [6.07, 6.45) is 0.733. The van der Waals surface area contributed by atoms with E-state index in [9.17, 15) is 9.59 Å². The Morgan fingerprint density at radius 3 is 2.61 bits per heavy atom. The number of hydrogen-bond acceptors (Lipinski definition) is 7. The molecule has 38 heavy (non-hydrogen) atoms. The van der Waals surface area contributed by atoms with Gasteiger partial charge in [-0.2, -0.15) is 0 Å². The summed E-state index contributed by atoms with van der Waals surface area (Å²) in [5.41, 5.74) is 3.34. The number of aromatic nitrogens is 4. The first-order chi connectivity index (χ1) is 18.3. The molecule has 0 saturated carbocycles. The molecule has 0 amide bonds. The lowest BCUT2D eigenvalue weighted by Crippen LogP contribution is -2.28. The van der Waals surface area contributed by atoms with E-state index in [1.807, 2.05) is 35.6 Å². The molecule has 7 nitrogen and oxygen atoms in total.